The molecule has 1 saturated heterocycles. The lowest BCUT2D eigenvalue weighted by atomic mass is 9.94. The Hall–Kier alpha value is -4.13. The second-order valence-electron chi connectivity index (χ2n) is 7.26. The van der Waals surface area contributed by atoms with Gasteiger partial charge in [-0.05, 0) is 29.8 Å². The van der Waals surface area contributed by atoms with Crippen LogP contribution in [0, 0.1) is 0 Å². The van der Waals surface area contributed by atoms with Gasteiger partial charge in [0.25, 0.3) is 11.7 Å². The summed E-state index contributed by atoms with van der Waals surface area (Å²) in [5.74, 6) is -0.709. The standard InChI is InChI=1S/C25H22N2O5/c1-31-18-10-11-20(32-2)19(13-18)22-21(23(28)17-8-4-3-5-9-17)24(29)25(30)27(22)15-16-7-6-12-26-14-16/h3-14,22,28H,15H2,1-2H3/b23-21+/t22-/m1/s1. The molecule has 0 radical (unpaired) electrons. The number of ether oxygens (including phenoxy) is 2. The Morgan fingerprint density at radius 3 is 2.47 bits per heavy atom. The number of methoxy groups -OCH3 is 2. The molecule has 162 valence electrons. The first-order valence-corrected chi connectivity index (χ1v) is 9.99. The van der Waals surface area contributed by atoms with Crippen LogP contribution in [-0.2, 0) is 16.1 Å². The zero-order valence-electron chi connectivity index (χ0n) is 17.7. The smallest absolute Gasteiger partial charge is 0.295 e. The fraction of sp³-hybridized carbons (Fsp3) is 0.160. The quantitative estimate of drug-likeness (QED) is 0.364. The number of aromatic nitrogens is 1. The number of aliphatic hydroxyl groups excluding tert-OH is 1. The van der Waals surface area contributed by atoms with Gasteiger partial charge < -0.3 is 19.5 Å². The highest BCUT2D eigenvalue weighted by atomic mass is 16.5. The molecule has 0 aliphatic carbocycles. The number of benzene rings is 2. The van der Waals surface area contributed by atoms with E-state index in [0.29, 0.717) is 22.6 Å². The molecule has 1 N–H and O–H groups in total. The molecule has 2 heterocycles. The van der Waals surface area contributed by atoms with Crippen LogP contribution in [0.2, 0.25) is 0 Å². The van der Waals surface area contributed by atoms with Crippen molar-refractivity contribution in [3.8, 4) is 11.5 Å². The highest BCUT2D eigenvalue weighted by molar-refractivity contribution is 6.46. The summed E-state index contributed by atoms with van der Waals surface area (Å²) in [5.41, 5.74) is 1.73. The van der Waals surface area contributed by atoms with Gasteiger partial charge in [0.05, 0.1) is 25.8 Å². The number of carbonyl (C=O) groups excluding carboxylic acids is 2. The number of hydrogen-bond acceptors (Lipinski definition) is 6. The van der Waals surface area contributed by atoms with Crippen LogP contribution < -0.4 is 9.47 Å². The number of aliphatic hydroxyl groups is 1. The molecule has 0 unspecified atom stereocenters. The second-order valence-corrected chi connectivity index (χ2v) is 7.26. The molecule has 7 nitrogen and oxygen atoms in total. The van der Waals surface area contributed by atoms with Gasteiger partial charge in [-0.25, -0.2) is 0 Å². The van der Waals surface area contributed by atoms with Crippen LogP contribution >= 0.6 is 0 Å². The fourth-order valence-electron chi connectivity index (χ4n) is 3.86. The first-order valence-electron chi connectivity index (χ1n) is 9.99. The van der Waals surface area contributed by atoms with Gasteiger partial charge in [-0.3, -0.25) is 14.6 Å². The van der Waals surface area contributed by atoms with Crippen LogP contribution in [0.5, 0.6) is 11.5 Å². The molecule has 4 rings (SSSR count). The van der Waals surface area contributed by atoms with E-state index in [4.69, 9.17) is 9.47 Å². The van der Waals surface area contributed by atoms with Crippen molar-refractivity contribution < 1.29 is 24.2 Å². The fourth-order valence-corrected chi connectivity index (χ4v) is 3.86. The summed E-state index contributed by atoms with van der Waals surface area (Å²) in [4.78, 5) is 31.8. The SMILES string of the molecule is COc1ccc(OC)c([C@@H]2/C(=C(\O)c3ccccc3)C(=O)C(=O)N2Cc2cccnc2)c1. The Morgan fingerprint density at radius 1 is 1.03 bits per heavy atom. The van der Waals surface area contributed by atoms with Gasteiger partial charge in [-0.1, -0.05) is 36.4 Å². The van der Waals surface area contributed by atoms with E-state index in [-0.39, 0.29) is 17.9 Å². The summed E-state index contributed by atoms with van der Waals surface area (Å²) in [6.45, 7) is 0.134. The van der Waals surface area contributed by atoms with Gasteiger partial charge in [0.1, 0.15) is 17.3 Å². The summed E-state index contributed by atoms with van der Waals surface area (Å²) < 4.78 is 10.9. The van der Waals surface area contributed by atoms with Crippen LogP contribution in [0.4, 0.5) is 0 Å². The van der Waals surface area contributed by atoms with E-state index in [1.807, 2.05) is 6.07 Å². The molecule has 2 aromatic carbocycles. The third-order valence-electron chi connectivity index (χ3n) is 5.39. The van der Waals surface area contributed by atoms with Crippen molar-refractivity contribution in [2.75, 3.05) is 14.2 Å². The number of carbonyl (C=O) groups is 2. The minimum absolute atomic E-state index is 0.00311. The van der Waals surface area contributed by atoms with Crippen molar-refractivity contribution in [1.29, 1.82) is 0 Å². The van der Waals surface area contributed by atoms with E-state index in [2.05, 4.69) is 4.98 Å². The predicted molar refractivity (Wildman–Crippen MR) is 118 cm³/mol. The van der Waals surface area contributed by atoms with Gasteiger partial charge in [0.15, 0.2) is 0 Å². The lowest BCUT2D eigenvalue weighted by molar-refractivity contribution is -0.140. The number of pyridine rings is 1. The van der Waals surface area contributed by atoms with Crippen LogP contribution in [0.3, 0.4) is 0 Å². The van der Waals surface area contributed by atoms with E-state index in [1.54, 1.807) is 67.0 Å². The van der Waals surface area contributed by atoms with Crippen molar-refractivity contribution in [3.63, 3.8) is 0 Å². The molecule has 7 heteroatoms. The number of amides is 1. The first kappa shape index (κ1) is 21.1. The van der Waals surface area contributed by atoms with Gasteiger partial charge in [-0.15, -0.1) is 0 Å². The first-order chi connectivity index (χ1) is 15.5. The summed E-state index contributed by atoms with van der Waals surface area (Å²) in [6, 6.07) is 16.5. The van der Waals surface area contributed by atoms with E-state index in [0.717, 1.165) is 5.56 Å². The molecule has 0 spiro atoms. The van der Waals surface area contributed by atoms with E-state index in [1.165, 1.54) is 19.1 Å². The Morgan fingerprint density at radius 2 is 1.81 bits per heavy atom. The minimum atomic E-state index is -0.875. The Labute approximate surface area is 185 Å². The van der Waals surface area contributed by atoms with Crippen molar-refractivity contribution in [2.24, 2.45) is 0 Å². The van der Waals surface area contributed by atoms with Gasteiger partial charge >= 0.3 is 0 Å². The number of hydrogen-bond donors (Lipinski definition) is 1. The maximum Gasteiger partial charge on any atom is 0.295 e. The summed E-state index contributed by atoms with van der Waals surface area (Å²) in [5, 5.41) is 11.1. The largest absolute Gasteiger partial charge is 0.507 e. The molecule has 32 heavy (non-hydrogen) atoms. The highest BCUT2D eigenvalue weighted by Gasteiger charge is 2.47. The van der Waals surface area contributed by atoms with Crippen LogP contribution in [-0.4, -0.2) is 40.9 Å². The lowest BCUT2D eigenvalue weighted by Crippen LogP contribution is -2.29. The normalized spacial score (nSPS) is 17.4. The molecule has 1 fully saturated rings. The topological polar surface area (TPSA) is 89.0 Å². The number of rotatable bonds is 6. The summed E-state index contributed by atoms with van der Waals surface area (Å²) >= 11 is 0. The molecule has 1 atom stereocenters. The molecular weight excluding hydrogens is 408 g/mol. The molecular formula is C25H22N2O5. The molecule has 1 aliphatic rings. The molecule has 0 bridgehead atoms. The monoisotopic (exact) mass is 430 g/mol. The Balaban J connectivity index is 1.93. The van der Waals surface area contributed by atoms with Crippen molar-refractivity contribution in [1.82, 2.24) is 9.88 Å². The van der Waals surface area contributed by atoms with Gasteiger partial charge in [-0.2, -0.15) is 0 Å². The van der Waals surface area contributed by atoms with Crippen LogP contribution in [0.1, 0.15) is 22.7 Å². The second kappa shape index (κ2) is 8.93. The zero-order chi connectivity index (χ0) is 22.7. The molecule has 3 aromatic rings. The number of ketones is 1. The average Bonchev–Trinajstić information content (AvgIpc) is 3.09. The predicted octanol–water partition coefficient (Wildman–Crippen LogP) is 3.72. The van der Waals surface area contributed by atoms with Crippen LogP contribution in [0.25, 0.3) is 5.76 Å². The van der Waals surface area contributed by atoms with Crippen molar-refractivity contribution >= 4 is 17.4 Å². The summed E-state index contributed by atoms with van der Waals surface area (Å²) in [7, 11) is 3.04. The zero-order valence-corrected chi connectivity index (χ0v) is 17.7. The molecule has 1 amide bonds. The Kier molecular flexibility index (Phi) is 5.89. The van der Waals surface area contributed by atoms with Gasteiger partial charge in [0, 0.05) is 30.1 Å². The number of nitrogens with zero attached hydrogens (tertiary/aromatic N) is 2. The van der Waals surface area contributed by atoms with Crippen molar-refractivity contribution in [3.05, 3.63) is 95.3 Å². The minimum Gasteiger partial charge on any atom is -0.507 e. The maximum absolute atomic E-state index is 13.2. The number of Topliss-reactive ketones (excluding diaryl/α,β-unsaturated/α-hetero) is 1. The third kappa shape index (κ3) is 3.80. The van der Waals surface area contributed by atoms with Gasteiger partial charge in [0.2, 0.25) is 0 Å². The van der Waals surface area contributed by atoms with E-state index < -0.39 is 17.7 Å². The van der Waals surface area contributed by atoms with E-state index >= 15 is 0 Å². The molecule has 1 aromatic heterocycles. The van der Waals surface area contributed by atoms with Crippen LogP contribution in [0.15, 0.2) is 78.6 Å². The highest BCUT2D eigenvalue weighted by Crippen LogP contribution is 2.44. The summed E-state index contributed by atoms with van der Waals surface area (Å²) in [6.07, 6.45) is 3.27. The Bertz CT molecular complexity index is 1180. The van der Waals surface area contributed by atoms with Crippen molar-refractivity contribution in [2.45, 2.75) is 12.6 Å². The number of likely N-dealkylation sites (tertiary alicyclic amines) is 1. The third-order valence-corrected chi connectivity index (χ3v) is 5.39. The maximum atomic E-state index is 13.2. The van der Waals surface area contributed by atoms with E-state index in [9.17, 15) is 14.7 Å². The molecule has 1 aliphatic heterocycles. The lowest BCUT2D eigenvalue weighted by Gasteiger charge is -2.27. The molecule has 0 saturated carbocycles. The average molecular weight is 430 g/mol.